The van der Waals surface area contributed by atoms with Gasteiger partial charge in [0.15, 0.2) is 0 Å². The van der Waals surface area contributed by atoms with Crippen molar-refractivity contribution in [2.45, 2.75) is 38.2 Å². The van der Waals surface area contributed by atoms with Crippen LogP contribution >= 0.6 is 11.6 Å². The number of nitrogens with one attached hydrogen (secondary N) is 1. The smallest absolute Gasteiger partial charge is 0.224 e. The van der Waals surface area contributed by atoms with Crippen LogP contribution in [0.3, 0.4) is 0 Å². The van der Waals surface area contributed by atoms with Crippen molar-refractivity contribution in [3.8, 4) is 5.75 Å². The van der Waals surface area contributed by atoms with Gasteiger partial charge in [0.1, 0.15) is 5.75 Å². The average Bonchev–Trinajstić information content (AvgIpc) is 2.60. The zero-order valence-electron chi connectivity index (χ0n) is 13.6. The third kappa shape index (κ3) is 5.00. The van der Waals surface area contributed by atoms with E-state index in [1.807, 2.05) is 42.5 Å². The molecule has 0 saturated heterocycles. The largest absolute Gasteiger partial charge is 0.490 e. The Bertz CT molecular complexity index is 649. The molecule has 1 fully saturated rings. The summed E-state index contributed by atoms with van der Waals surface area (Å²) in [5.74, 6) is 1.44. The summed E-state index contributed by atoms with van der Waals surface area (Å²) in [7, 11) is 0. The first-order chi connectivity index (χ1) is 11.7. The van der Waals surface area contributed by atoms with Gasteiger partial charge in [0.25, 0.3) is 0 Å². The van der Waals surface area contributed by atoms with Gasteiger partial charge in [-0.1, -0.05) is 29.8 Å². The molecule has 0 radical (unpaired) electrons. The lowest BCUT2D eigenvalue weighted by molar-refractivity contribution is -0.117. The summed E-state index contributed by atoms with van der Waals surface area (Å²) >= 11 is 5.85. The zero-order valence-corrected chi connectivity index (χ0v) is 14.3. The number of amides is 1. The van der Waals surface area contributed by atoms with E-state index in [4.69, 9.17) is 16.3 Å². The number of halogens is 1. The molecule has 1 aliphatic rings. The fraction of sp³-hybridized carbons (Fsp3) is 0.350. The minimum absolute atomic E-state index is 0.0738. The van der Waals surface area contributed by atoms with E-state index in [1.165, 1.54) is 0 Å². The number of ether oxygens (including phenoxy) is 1. The third-order valence-corrected chi connectivity index (χ3v) is 4.69. The summed E-state index contributed by atoms with van der Waals surface area (Å²) in [6, 6.07) is 17.2. The maximum Gasteiger partial charge on any atom is 0.224 e. The molecule has 0 aliphatic heterocycles. The number of para-hydroxylation sites is 1. The summed E-state index contributed by atoms with van der Waals surface area (Å²) < 4.78 is 6.00. The predicted molar refractivity (Wildman–Crippen MR) is 97.5 cm³/mol. The highest BCUT2D eigenvalue weighted by Crippen LogP contribution is 2.30. The van der Waals surface area contributed by atoms with Crippen LogP contribution in [0.1, 0.15) is 32.1 Å². The Morgan fingerprint density at radius 2 is 1.67 bits per heavy atom. The highest BCUT2D eigenvalue weighted by molar-refractivity contribution is 6.30. The van der Waals surface area contributed by atoms with E-state index < -0.39 is 0 Å². The number of anilines is 1. The topological polar surface area (TPSA) is 38.3 Å². The second-order valence-electron chi connectivity index (χ2n) is 6.33. The number of hydrogen-bond acceptors (Lipinski definition) is 2. The summed E-state index contributed by atoms with van der Waals surface area (Å²) in [6.45, 7) is 0. The molecule has 0 spiro atoms. The molecule has 0 atom stereocenters. The van der Waals surface area contributed by atoms with E-state index >= 15 is 0 Å². The molecule has 1 saturated carbocycles. The molecule has 126 valence electrons. The van der Waals surface area contributed by atoms with Gasteiger partial charge in [-0.2, -0.15) is 0 Å². The second kappa shape index (κ2) is 8.20. The van der Waals surface area contributed by atoms with Crippen molar-refractivity contribution >= 4 is 23.2 Å². The van der Waals surface area contributed by atoms with Crippen LogP contribution in [0, 0.1) is 5.92 Å². The van der Waals surface area contributed by atoms with Crippen molar-refractivity contribution in [3.63, 3.8) is 0 Å². The number of hydrogen-bond donors (Lipinski definition) is 1. The summed E-state index contributed by atoms with van der Waals surface area (Å²) in [4.78, 5) is 12.2. The van der Waals surface area contributed by atoms with Crippen LogP contribution < -0.4 is 10.1 Å². The Balaban J connectivity index is 1.41. The molecule has 3 nitrogen and oxygen atoms in total. The van der Waals surface area contributed by atoms with Gasteiger partial charge >= 0.3 is 0 Å². The molecular weight excluding hydrogens is 322 g/mol. The molecular formula is C20H22ClNO2. The maximum atomic E-state index is 12.2. The lowest BCUT2D eigenvalue weighted by Gasteiger charge is -2.28. The molecule has 0 bridgehead atoms. The lowest BCUT2D eigenvalue weighted by Crippen LogP contribution is -2.26. The van der Waals surface area contributed by atoms with Crippen molar-refractivity contribution < 1.29 is 9.53 Å². The van der Waals surface area contributed by atoms with Crippen LogP contribution in [-0.4, -0.2) is 12.0 Å². The average molecular weight is 344 g/mol. The van der Waals surface area contributed by atoms with E-state index in [9.17, 15) is 4.79 Å². The van der Waals surface area contributed by atoms with Crippen LogP contribution in [0.15, 0.2) is 54.6 Å². The Morgan fingerprint density at radius 3 is 2.33 bits per heavy atom. The van der Waals surface area contributed by atoms with Crippen LogP contribution in [0.5, 0.6) is 5.75 Å². The molecule has 1 N–H and O–H groups in total. The highest BCUT2D eigenvalue weighted by Gasteiger charge is 2.24. The number of carbonyl (C=O) groups is 1. The van der Waals surface area contributed by atoms with Crippen molar-refractivity contribution in [1.29, 1.82) is 0 Å². The molecule has 0 unspecified atom stereocenters. The van der Waals surface area contributed by atoms with Crippen LogP contribution in [0.2, 0.25) is 5.02 Å². The van der Waals surface area contributed by atoms with Gasteiger partial charge in [0, 0.05) is 17.1 Å². The first kappa shape index (κ1) is 16.8. The van der Waals surface area contributed by atoms with Crippen molar-refractivity contribution in [2.24, 2.45) is 5.92 Å². The number of benzene rings is 2. The van der Waals surface area contributed by atoms with E-state index in [0.29, 0.717) is 17.4 Å². The monoisotopic (exact) mass is 343 g/mol. The summed E-state index contributed by atoms with van der Waals surface area (Å²) in [6.07, 6.45) is 4.92. The minimum Gasteiger partial charge on any atom is -0.490 e. The quantitative estimate of drug-likeness (QED) is 0.799. The van der Waals surface area contributed by atoms with Crippen molar-refractivity contribution in [1.82, 2.24) is 0 Å². The predicted octanol–water partition coefficient (Wildman–Crippen LogP) is 5.31. The Morgan fingerprint density at radius 1 is 1.00 bits per heavy atom. The van der Waals surface area contributed by atoms with Gasteiger partial charge in [0.05, 0.1) is 6.10 Å². The Labute approximate surface area is 148 Å². The van der Waals surface area contributed by atoms with E-state index in [1.54, 1.807) is 12.1 Å². The Hall–Kier alpha value is -2.00. The second-order valence-corrected chi connectivity index (χ2v) is 6.77. The zero-order chi connectivity index (χ0) is 16.8. The maximum absolute atomic E-state index is 12.2. The fourth-order valence-corrected chi connectivity index (χ4v) is 3.28. The van der Waals surface area contributed by atoms with Gasteiger partial charge in [-0.05, 0) is 68.0 Å². The lowest BCUT2D eigenvalue weighted by atomic mass is 9.85. The third-order valence-electron chi connectivity index (χ3n) is 4.44. The number of rotatable bonds is 5. The Kier molecular flexibility index (Phi) is 5.76. The molecule has 0 heterocycles. The van der Waals surface area contributed by atoms with Gasteiger partial charge in [-0.25, -0.2) is 0 Å². The fourth-order valence-electron chi connectivity index (χ4n) is 3.15. The van der Waals surface area contributed by atoms with E-state index in [-0.39, 0.29) is 12.0 Å². The first-order valence-corrected chi connectivity index (χ1v) is 8.84. The summed E-state index contributed by atoms with van der Waals surface area (Å²) in [5, 5.41) is 3.61. The van der Waals surface area contributed by atoms with Crippen molar-refractivity contribution in [2.75, 3.05) is 5.32 Å². The van der Waals surface area contributed by atoms with Gasteiger partial charge < -0.3 is 10.1 Å². The molecule has 0 aromatic heterocycles. The minimum atomic E-state index is 0.0738. The number of carbonyl (C=O) groups excluding carboxylic acids is 1. The normalized spacial score (nSPS) is 20.4. The van der Waals surface area contributed by atoms with E-state index in [0.717, 1.165) is 37.1 Å². The van der Waals surface area contributed by atoms with Crippen LogP contribution in [-0.2, 0) is 4.79 Å². The SMILES string of the molecule is O=C(CC1CCC(Oc2ccccc2)CC1)Nc1ccc(Cl)cc1. The molecule has 24 heavy (non-hydrogen) atoms. The van der Waals surface area contributed by atoms with Gasteiger partial charge in [-0.15, -0.1) is 0 Å². The summed E-state index contributed by atoms with van der Waals surface area (Å²) in [5.41, 5.74) is 0.797. The van der Waals surface area contributed by atoms with Crippen molar-refractivity contribution in [3.05, 3.63) is 59.6 Å². The first-order valence-electron chi connectivity index (χ1n) is 8.46. The van der Waals surface area contributed by atoms with E-state index in [2.05, 4.69) is 5.32 Å². The van der Waals surface area contributed by atoms with Gasteiger partial charge in [0.2, 0.25) is 5.91 Å². The molecule has 4 heteroatoms. The molecule has 3 rings (SSSR count). The van der Waals surface area contributed by atoms with Gasteiger partial charge in [-0.3, -0.25) is 4.79 Å². The highest BCUT2D eigenvalue weighted by atomic mass is 35.5. The molecule has 1 amide bonds. The molecule has 2 aromatic carbocycles. The van der Waals surface area contributed by atoms with Crippen LogP contribution in [0.4, 0.5) is 5.69 Å². The molecule has 2 aromatic rings. The molecule has 1 aliphatic carbocycles. The standard InChI is InChI=1S/C20H22ClNO2/c21-16-8-10-17(11-9-16)22-20(23)14-15-6-12-19(13-7-15)24-18-4-2-1-3-5-18/h1-5,8-11,15,19H,6-7,12-14H2,(H,22,23). The van der Waals surface area contributed by atoms with Crippen LogP contribution in [0.25, 0.3) is 0 Å².